The fraction of sp³-hybridized carbons (Fsp3) is 0.310. The van der Waals surface area contributed by atoms with Crippen molar-refractivity contribution in [3.8, 4) is 17.3 Å². The minimum atomic E-state index is -0.309. The lowest BCUT2D eigenvalue weighted by Gasteiger charge is -2.28. The number of aryl methyl sites for hydroxylation is 1. The Kier molecular flexibility index (Phi) is 7.50. The Morgan fingerprint density at radius 1 is 1.23 bits per heavy atom. The van der Waals surface area contributed by atoms with Gasteiger partial charge in [-0.1, -0.05) is 24.8 Å². The maximum atomic E-state index is 13.1. The van der Waals surface area contributed by atoms with Crippen LogP contribution < -0.4 is 10.6 Å². The summed E-state index contributed by atoms with van der Waals surface area (Å²) >= 11 is 0. The lowest BCUT2D eigenvalue weighted by molar-refractivity contribution is -0.135. The van der Waals surface area contributed by atoms with Crippen LogP contribution in [0, 0.1) is 17.2 Å². The topological polar surface area (TPSA) is 129 Å². The quantitative estimate of drug-likeness (QED) is 0.439. The smallest absolute Gasteiger partial charge is 0.247 e. The predicted molar refractivity (Wildman–Crippen MR) is 148 cm³/mol. The summed E-state index contributed by atoms with van der Waals surface area (Å²) in [7, 11) is 1.83. The molecule has 10 heteroatoms. The second-order valence-corrected chi connectivity index (χ2v) is 9.78. The average molecular weight is 523 g/mol. The standard InChI is InChI=1S/C29H30N8O2/c1-3-26(38)33-22-7-4-6-21(14-22)27-25(17-31-29(35-27)34-23-16-32-36(2)18-23)19-9-11-20(12-10-19)28(39)37-13-5-8-24(37)15-30/h3-4,6-7,9,14,16-18,20,24H,1,5,8,10-13H2,2H3,(H,33,38)(H,31,34,35)/t20?,24-/m0/s1. The van der Waals surface area contributed by atoms with Crippen LogP contribution >= 0.6 is 0 Å². The van der Waals surface area contributed by atoms with Gasteiger partial charge in [-0.15, -0.1) is 0 Å². The first kappa shape index (κ1) is 25.9. The van der Waals surface area contributed by atoms with Gasteiger partial charge in [0, 0.05) is 48.7 Å². The summed E-state index contributed by atoms with van der Waals surface area (Å²) < 4.78 is 1.69. The monoisotopic (exact) mass is 522 g/mol. The molecule has 1 saturated heterocycles. The van der Waals surface area contributed by atoms with Gasteiger partial charge in [-0.3, -0.25) is 14.3 Å². The number of likely N-dealkylation sites (tertiary alicyclic amines) is 1. The minimum Gasteiger partial charge on any atom is -0.326 e. The van der Waals surface area contributed by atoms with Crippen molar-refractivity contribution in [2.24, 2.45) is 13.0 Å². The SMILES string of the molecule is C=CC(=O)Nc1cccc(-c2nc(Nc3cnn(C)c3)ncc2C2=CCC(C(=O)N3CCC[C@H]3C#N)CC2)c1. The highest BCUT2D eigenvalue weighted by Crippen LogP contribution is 2.37. The van der Waals surface area contributed by atoms with E-state index in [0.29, 0.717) is 43.1 Å². The van der Waals surface area contributed by atoms with Crippen LogP contribution in [0.3, 0.4) is 0 Å². The van der Waals surface area contributed by atoms with Crippen LogP contribution in [0.2, 0.25) is 0 Å². The van der Waals surface area contributed by atoms with Gasteiger partial charge in [0.1, 0.15) is 6.04 Å². The number of hydrogen-bond acceptors (Lipinski definition) is 7. The van der Waals surface area contributed by atoms with Crippen molar-refractivity contribution in [2.75, 3.05) is 17.2 Å². The van der Waals surface area contributed by atoms with E-state index in [4.69, 9.17) is 4.98 Å². The minimum absolute atomic E-state index is 0.0764. The number of carbonyl (C=O) groups excluding carboxylic acids is 2. The number of aromatic nitrogens is 4. The van der Waals surface area contributed by atoms with Gasteiger partial charge >= 0.3 is 0 Å². The summed E-state index contributed by atoms with van der Waals surface area (Å²) in [6.07, 6.45) is 12.3. The van der Waals surface area contributed by atoms with Crippen molar-refractivity contribution in [3.05, 3.63) is 67.2 Å². The average Bonchev–Trinajstić information content (AvgIpc) is 3.61. The number of benzene rings is 1. The summed E-state index contributed by atoms with van der Waals surface area (Å²) in [5.74, 6) is 0.0724. The second kappa shape index (κ2) is 11.3. The molecule has 3 heterocycles. The third-order valence-electron chi connectivity index (χ3n) is 7.13. The van der Waals surface area contributed by atoms with Gasteiger partial charge in [0.05, 0.1) is 23.6 Å². The Bertz CT molecular complexity index is 1480. The van der Waals surface area contributed by atoms with Gasteiger partial charge in [0.2, 0.25) is 17.8 Å². The Balaban J connectivity index is 1.45. The summed E-state index contributed by atoms with van der Waals surface area (Å²) in [5, 5.41) is 19.6. The highest BCUT2D eigenvalue weighted by Gasteiger charge is 2.34. The molecule has 2 amide bonds. The van der Waals surface area contributed by atoms with Crippen molar-refractivity contribution in [1.82, 2.24) is 24.6 Å². The highest BCUT2D eigenvalue weighted by atomic mass is 16.2. The molecule has 3 aromatic rings. The van der Waals surface area contributed by atoms with Crippen molar-refractivity contribution < 1.29 is 9.59 Å². The molecule has 10 nitrogen and oxygen atoms in total. The van der Waals surface area contributed by atoms with Crippen molar-refractivity contribution in [2.45, 2.75) is 38.1 Å². The van der Waals surface area contributed by atoms with Crippen LogP contribution in [0.5, 0.6) is 0 Å². The van der Waals surface area contributed by atoms with E-state index in [2.05, 4.69) is 39.4 Å². The first-order valence-corrected chi connectivity index (χ1v) is 13.0. The van der Waals surface area contributed by atoms with Crippen molar-refractivity contribution in [1.29, 1.82) is 5.26 Å². The van der Waals surface area contributed by atoms with Gasteiger partial charge in [0.15, 0.2) is 0 Å². The van der Waals surface area contributed by atoms with Gasteiger partial charge in [-0.25, -0.2) is 9.97 Å². The fourth-order valence-electron chi connectivity index (χ4n) is 5.15. The second-order valence-electron chi connectivity index (χ2n) is 9.78. The molecule has 1 aliphatic carbocycles. The Labute approximate surface area is 227 Å². The van der Waals surface area contributed by atoms with E-state index in [9.17, 15) is 14.9 Å². The van der Waals surface area contributed by atoms with Crippen LogP contribution in [0.1, 0.15) is 37.7 Å². The molecule has 0 bridgehead atoms. The summed E-state index contributed by atoms with van der Waals surface area (Å²) in [6, 6.07) is 9.44. The molecule has 5 rings (SSSR count). The molecule has 1 unspecified atom stereocenters. The molecule has 2 aromatic heterocycles. The maximum absolute atomic E-state index is 13.1. The maximum Gasteiger partial charge on any atom is 0.247 e. The highest BCUT2D eigenvalue weighted by molar-refractivity contribution is 5.99. The van der Waals surface area contributed by atoms with Gasteiger partial charge in [-0.05, 0) is 55.9 Å². The van der Waals surface area contributed by atoms with Crippen LogP contribution in [0.4, 0.5) is 17.3 Å². The van der Waals surface area contributed by atoms with Crippen LogP contribution in [0.25, 0.3) is 16.8 Å². The Hall–Kier alpha value is -4.78. The third kappa shape index (κ3) is 5.72. The predicted octanol–water partition coefficient (Wildman–Crippen LogP) is 4.44. The number of rotatable bonds is 7. The molecule has 0 spiro atoms. The number of amides is 2. The molecule has 0 radical (unpaired) electrons. The molecule has 198 valence electrons. The van der Waals surface area contributed by atoms with E-state index in [1.807, 2.05) is 37.5 Å². The van der Waals surface area contributed by atoms with E-state index in [1.165, 1.54) is 6.08 Å². The zero-order valence-corrected chi connectivity index (χ0v) is 21.8. The van der Waals surface area contributed by atoms with E-state index < -0.39 is 0 Å². The number of hydrogen-bond donors (Lipinski definition) is 2. The van der Waals surface area contributed by atoms with Crippen molar-refractivity contribution >= 4 is 34.7 Å². The van der Waals surface area contributed by atoms with E-state index in [-0.39, 0.29) is 23.8 Å². The number of nitrogens with one attached hydrogen (secondary N) is 2. The lowest BCUT2D eigenvalue weighted by atomic mass is 9.85. The van der Waals surface area contributed by atoms with Gasteiger partial charge < -0.3 is 15.5 Å². The zero-order chi connectivity index (χ0) is 27.4. The molecule has 0 saturated carbocycles. The number of carbonyl (C=O) groups is 2. The Morgan fingerprint density at radius 2 is 2.10 bits per heavy atom. The summed E-state index contributed by atoms with van der Waals surface area (Å²) in [5.41, 5.74) is 4.87. The first-order valence-electron chi connectivity index (χ1n) is 13.0. The molecular formula is C29H30N8O2. The van der Waals surface area contributed by atoms with E-state index in [1.54, 1.807) is 22.0 Å². The van der Waals surface area contributed by atoms with E-state index >= 15 is 0 Å². The number of nitrogens with zero attached hydrogens (tertiary/aromatic N) is 6. The summed E-state index contributed by atoms with van der Waals surface area (Å²) in [6.45, 7) is 4.18. The fourth-order valence-corrected chi connectivity index (χ4v) is 5.15. The van der Waals surface area contributed by atoms with Crippen LogP contribution in [-0.4, -0.2) is 49.0 Å². The Morgan fingerprint density at radius 3 is 2.82 bits per heavy atom. The molecule has 1 fully saturated rings. The number of anilines is 3. The normalized spacial score (nSPS) is 18.7. The molecule has 39 heavy (non-hydrogen) atoms. The van der Waals surface area contributed by atoms with Gasteiger partial charge in [0.25, 0.3) is 0 Å². The lowest BCUT2D eigenvalue weighted by Crippen LogP contribution is -2.39. The molecule has 2 N–H and O–H groups in total. The number of nitriles is 1. The van der Waals surface area contributed by atoms with Crippen LogP contribution in [-0.2, 0) is 16.6 Å². The van der Waals surface area contributed by atoms with Gasteiger partial charge in [-0.2, -0.15) is 10.4 Å². The largest absolute Gasteiger partial charge is 0.326 e. The summed E-state index contributed by atoms with van der Waals surface area (Å²) in [4.78, 5) is 36.2. The number of allylic oxidation sites excluding steroid dienone is 2. The molecule has 1 aliphatic heterocycles. The molecule has 2 aliphatic rings. The molecule has 2 atom stereocenters. The van der Waals surface area contributed by atoms with Crippen LogP contribution in [0.15, 0.2) is 61.6 Å². The van der Waals surface area contributed by atoms with E-state index in [0.717, 1.165) is 35.2 Å². The first-order chi connectivity index (χ1) is 18.9. The third-order valence-corrected chi connectivity index (χ3v) is 7.13. The van der Waals surface area contributed by atoms with Crippen molar-refractivity contribution in [3.63, 3.8) is 0 Å². The molecule has 1 aromatic carbocycles. The molecular weight excluding hydrogens is 492 g/mol. The zero-order valence-electron chi connectivity index (χ0n) is 21.8.